The van der Waals surface area contributed by atoms with E-state index in [0.29, 0.717) is 10.8 Å². The summed E-state index contributed by atoms with van der Waals surface area (Å²) < 4.78 is 5.12. The number of halogens is 1. The summed E-state index contributed by atoms with van der Waals surface area (Å²) in [6, 6.07) is 5.30. The number of hydrogen-bond acceptors (Lipinski definition) is 4. The summed E-state index contributed by atoms with van der Waals surface area (Å²) in [7, 11) is 1.55. The van der Waals surface area contributed by atoms with Gasteiger partial charge in [0.05, 0.1) is 29.8 Å². The molecule has 19 heavy (non-hydrogen) atoms. The monoisotopic (exact) mass is 296 g/mol. The number of aryl methyl sites for hydroxylation is 1. The Kier molecular flexibility index (Phi) is 4.39. The van der Waals surface area contributed by atoms with E-state index in [2.05, 4.69) is 10.3 Å². The van der Waals surface area contributed by atoms with E-state index in [-0.39, 0.29) is 12.3 Å². The van der Waals surface area contributed by atoms with E-state index in [1.165, 1.54) is 11.3 Å². The van der Waals surface area contributed by atoms with Gasteiger partial charge in [-0.25, -0.2) is 4.98 Å². The zero-order valence-electron chi connectivity index (χ0n) is 10.6. The van der Waals surface area contributed by atoms with Gasteiger partial charge in [-0.3, -0.25) is 4.79 Å². The number of aromatic nitrogens is 1. The second kappa shape index (κ2) is 6.04. The molecule has 4 nitrogen and oxygen atoms in total. The Hall–Kier alpha value is -1.59. The largest absolute Gasteiger partial charge is 0.495 e. The topological polar surface area (TPSA) is 51.2 Å². The molecular formula is C13H13ClN2O2S. The third kappa shape index (κ3) is 3.45. The highest BCUT2D eigenvalue weighted by Crippen LogP contribution is 2.25. The van der Waals surface area contributed by atoms with Gasteiger partial charge in [-0.05, 0) is 24.6 Å². The van der Waals surface area contributed by atoms with Crippen LogP contribution in [0.1, 0.15) is 11.3 Å². The minimum Gasteiger partial charge on any atom is -0.495 e. The van der Waals surface area contributed by atoms with Gasteiger partial charge in [-0.2, -0.15) is 0 Å². The van der Waals surface area contributed by atoms with E-state index in [9.17, 15) is 4.79 Å². The maximum Gasteiger partial charge on any atom is 0.229 e. The molecule has 0 spiro atoms. The number of carbonyl (C=O) groups is 1. The lowest BCUT2D eigenvalue weighted by atomic mass is 10.1. The molecule has 1 aromatic carbocycles. The van der Waals surface area contributed by atoms with Gasteiger partial charge in [-0.1, -0.05) is 17.7 Å². The molecule has 0 bridgehead atoms. The molecule has 0 fully saturated rings. The first-order valence-electron chi connectivity index (χ1n) is 5.62. The Morgan fingerprint density at radius 2 is 2.32 bits per heavy atom. The third-order valence-electron chi connectivity index (χ3n) is 2.58. The number of benzene rings is 1. The predicted octanol–water partition coefficient (Wildman–Crippen LogP) is 3.29. The van der Waals surface area contributed by atoms with Gasteiger partial charge in [0.2, 0.25) is 5.91 Å². The molecule has 0 radical (unpaired) electrons. The van der Waals surface area contributed by atoms with Crippen molar-refractivity contribution in [2.45, 2.75) is 13.3 Å². The van der Waals surface area contributed by atoms with Crippen LogP contribution in [0, 0.1) is 6.92 Å². The summed E-state index contributed by atoms with van der Waals surface area (Å²) >= 11 is 7.35. The highest BCUT2D eigenvalue weighted by Gasteiger charge is 2.09. The van der Waals surface area contributed by atoms with Crippen LogP contribution in [0.15, 0.2) is 23.7 Å². The van der Waals surface area contributed by atoms with Gasteiger partial charge in [0, 0.05) is 0 Å². The molecule has 0 aliphatic rings. The Labute approximate surface area is 120 Å². The fourth-order valence-corrected chi connectivity index (χ4v) is 2.50. The van der Waals surface area contributed by atoms with E-state index in [0.717, 1.165) is 16.3 Å². The summed E-state index contributed by atoms with van der Waals surface area (Å²) in [5, 5.41) is 4.15. The molecule has 100 valence electrons. The van der Waals surface area contributed by atoms with Crippen LogP contribution < -0.4 is 10.1 Å². The fourth-order valence-electron chi connectivity index (χ4n) is 1.59. The van der Waals surface area contributed by atoms with Crippen LogP contribution >= 0.6 is 22.9 Å². The Morgan fingerprint density at radius 1 is 1.53 bits per heavy atom. The number of ether oxygens (including phenoxy) is 1. The first kappa shape index (κ1) is 13.8. The van der Waals surface area contributed by atoms with Crippen molar-refractivity contribution in [2.24, 2.45) is 0 Å². The number of methoxy groups -OCH3 is 1. The van der Waals surface area contributed by atoms with Crippen LogP contribution in [0.3, 0.4) is 0 Å². The average Bonchev–Trinajstić information content (AvgIpc) is 2.77. The minimum absolute atomic E-state index is 0.0864. The summed E-state index contributed by atoms with van der Waals surface area (Å²) in [6.07, 6.45) is 0.269. The zero-order valence-corrected chi connectivity index (χ0v) is 12.1. The lowest BCUT2D eigenvalue weighted by molar-refractivity contribution is -0.115. The maximum atomic E-state index is 11.9. The molecule has 0 aliphatic heterocycles. The molecule has 1 aromatic heterocycles. The average molecular weight is 297 g/mol. The molecule has 1 amide bonds. The summed E-state index contributed by atoms with van der Waals surface area (Å²) in [5.74, 6) is 0.484. The molecule has 0 saturated carbocycles. The van der Waals surface area contributed by atoms with E-state index in [1.807, 2.05) is 13.0 Å². The molecule has 0 saturated heterocycles. The van der Waals surface area contributed by atoms with Gasteiger partial charge < -0.3 is 10.1 Å². The Balaban J connectivity index is 2.05. The lowest BCUT2D eigenvalue weighted by Gasteiger charge is -2.07. The minimum atomic E-state index is -0.0864. The van der Waals surface area contributed by atoms with Crippen molar-refractivity contribution in [1.29, 1.82) is 0 Å². The number of nitrogens with one attached hydrogen (secondary N) is 1. The van der Waals surface area contributed by atoms with Crippen LogP contribution in [0.25, 0.3) is 0 Å². The van der Waals surface area contributed by atoms with Gasteiger partial charge in [0.25, 0.3) is 0 Å². The Bertz CT molecular complexity index is 598. The van der Waals surface area contributed by atoms with Crippen molar-refractivity contribution in [3.63, 3.8) is 0 Å². The third-order valence-corrected chi connectivity index (χ3v) is 3.73. The van der Waals surface area contributed by atoms with Gasteiger partial charge in [0.1, 0.15) is 10.8 Å². The molecule has 6 heteroatoms. The molecule has 0 atom stereocenters. The second-order valence-electron chi connectivity index (χ2n) is 3.96. The van der Waals surface area contributed by atoms with Crippen molar-refractivity contribution in [2.75, 3.05) is 12.4 Å². The van der Waals surface area contributed by atoms with Crippen LogP contribution in [-0.4, -0.2) is 18.0 Å². The van der Waals surface area contributed by atoms with Crippen molar-refractivity contribution >= 4 is 33.8 Å². The van der Waals surface area contributed by atoms with E-state index < -0.39 is 0 Å². The second-order valence-corrected chi connectivity index (χ2v) is 5.22. The maximum absolute atomic E-state index is 11.9. The van der Waals surface area contributed by atoms with Crippen molar-refractivity contribution in [1.82, 2.24) is 4.98 Å². The smallest absolute Gasteiger partial charge is 0.229 e. The molecular weight excluding hydrogens is 284 g/mol. The Morgan fingerprint density at radius 3 is 2.95 bits per heavy atom. The first-order valence-corrected chi connectivity index (χ1v) is 6.88. The molecule has 1 N–H and O–H groups in total. The number of rotatable bonds is 4. The zero-order chi connectivity index (χ0) is 13.8. The van der Waals surface area contributed by atoms with Gasteiger partial charge >= 0.3 is 0 Å². The number of anilines is 1. The highest BCUT2D eigenvalue weighted by molar-refractivity contribution is 7.14. The van der Waals surface area contributed by atoms with Crippen LogP contribution in [0.2, 0.25) is 5.02 Å². The summed E-state index contributed by atoms with van der Waals surface area (Å²) in [6.45, 7) is 1.86. The summed E-state index contributed by atoms with van der Waals surface area (Å²) in [5.41, 5.74) is 3.38. The molecule has 2 rings (SSSR count). The number of thiazole rings is 1. The quantitative estimate of drug-likeness (QED) is 0.942. The van der Waals surface area contributed by atoms with Gasteiger partial charge in [-0.15, -0.1) is 11.3 Å². The number of nitrogens with zero attached hydrogens (tertiary/aromatic N) is 1. The highest BCUT2D eigenvalue weighted by atomic mass is 35.5. The van der Waals surface area contributed by atoms with Crippen molar-refractivity contribution in [3.8, 4) is 5.75 Å². The first-order chi connectivity index (χ1) is 9.10. The van der Waals surface area contributed by atoms with Crippen molar-refractivity contribution < 1.29 is 9.53 Å². The van der Waals surface area contributed by atoms with E-state index in [1.54, 1.807) is 24.8 Å². The number of amides is 1. The van der Waals surface area contributed by atoms with E-state index >= 15 is 0 Å². The fraction of sp³-hybridized carbons (Fsp3) is 0.231. The number of hydrogen-bond donors (Lipinski definition) is 1. The SMILES string of the molecule is COc1cc(CC(=O)Nc2scnc2C)ccc1Cl. The lowest BCUT2D eigenvalue weighted by Crippen LogP contribution is -2.14. The molecule has 2 aromatic rings. The van der Waals surface area contributed by atoms with E-state index in [4.69, 9.17) is 16.3 Å². The number of carbonyl (C=O) groups excluding carboxylic acids is 1. The molecule has 0 unspecified atom stereocenters. The summed E-state index contributed by atoms with van der Waals surface area (Å²) in [4.78, 5) is 16.0. The van der Waals surface area contributed by atoms with Crippen LogP contribution in [0.4, 0.5) is 5.00 Å². The normalized spacial score (nSPS) is 10.3. The van der Waals surface area contributed by atoms with Crippen LogP contribution in [-0.2, 0) is 11.2 Å². The van der Waals surface area contributed by atoms with Crippen molar-refractivity contribution in [3.05, 3.63) is 40.0 Å². The standard InChI is InChI=1S/C13H13ClN2O2S/c1-8-13(19-7-15-8)16-12(17)6-9-3-4-10(14)11(5-9)18-2/h3-5,7H,6H2,1-2H3,(H,16,17). The molecule has 0 aliphatic carbocycles. The van der Waals surface area contributed by atoms with Crippen LogP contribution in [0.5, 0.6) is 5.75 Å². The predicted molar refractivity (Wildman–Crippen MR) is 77.2 cm³/mol. The molecule has 1 heterocycles. The van der Waals surface area contributed by atoms with Gasteiger partial charge in [0.15, 0.2) is 0 Å².